The number of aromatic nitrogens is 3. The third kappa shape index (κ3) is 4.77. The van der Waals surface area contributed by atoms with Crippen molar-refractivity contribution in [1.82, 2.24) is 20.1 Å². The van der Waals surface area contributed by atoms with Gasteiger partial charge in [0.2, 0.25) is 5.91 Å². The van der Waals surface area contributed by atoms with Crippen molar-refractivity contribution in [2.45, 2.75) is 19.9 Å². The first-order chi connectivity index (χ1) is 12.6. The fraction of sp³-hybridized carbons (Fsp3) is 0.250. The summed E-state index contributed by atoms with van der Waals surface area (Å²) in [7, 11) is 1.93. The molecular weight excluding hydrogens is 326 g/mol. The Balaban J connectivity index is 1.53. The van der Waals surface area contributed by atoms with E-state index in [9.17, 15) is 4.79 Å². The van der Waals surface area contributed by atoms with Gasteiger partial charge in [-0.3, -0.25) is 14.5 Å². The van der Waals surface area contributed by atoms with E-state index in [1.54, 1.807) is 6.20 Å². The highest BCUT2D eigenvalue weighted by Crippen LogP contribution is 2.20. The number of hydrogen-bond acceptors (Lipinski definition) is 4. The van der Waals surface area contributed by atoms with Gasteiger partial charge in [-0.05, 0) is 42.8 Å². The second kappa shape index (κ2) is 8.40. The predicted octanol–water partition coefficient (Wildman–Crippen LogP) is 2.77. The largest absolute Gasteiger partial charge is 0.326 e. The van der Waals surface area contributed by atoms with Crippen LogP contribution in [0.3, 0.4) is 0 Å². The number of pyridine rings is 1. The first kappa shape index (κ1) is 17.8. The molecule has 0 atom stereocenters. The van der Waals surface area contributed by atoms with Crippen LogP contribution < -0.4 is 10.6 Å². The van der Waals surface area contributed by atoms with E-state index in [-0.39, 0.29) is 5.91 Å². The number of aryl methyl sites for hydroxylation is 1. The average molecular weight is 349 g/mol. The summed E-state index contributed by atoms with van der Waals surface area (Å²) < 4.78 is 1.83. The molecule has 6 nitrogen and oxygen atoms in total. The monoisotopic (exact) mass is 349 g/mol. The third-order valence-corrected chi connectivity index (χ3v) is 4.02. The van der Waals surface area contributed by atoms with Gasteiger partial charge in [0.1, 0.15) is 0 Å². The van der Waals surface area contributed by atoms with Gasteiger partial charge in [-0.15, -0.1) is 0 Å². The van der Waals surface area contributed by atoms with Crippen molar-refractivity contribution in [2.75, 3.05) is 11.9 Å². The lowest BCUT2D eigenvalue weighted by Gasteiger charge is -2.07. The zero-order valence-electron chi connectivity index (χ0n) is 15.1. The van der Waals surface area contributed by atoms with Crippen molar-refractivity contribution in [3.05, 3.63) is 66.1 Å². The van der Waals surface area contributed by atoms with Crippen molar-refractivity contribution in [3.63, 3.8) is 0 Å². The quantitative estimate of drug-likeness (QED) is 0.644. The molecular formula is C20H23N5O. The Morgan fingerprint density at radius 1 is 1.19 bits per heavy atom. The molecule has 0 bridgehead atoms. The highest BCUT2D eigenvalue weighted by Gasteiger charge is 2.09. The number of carbonyl (C=O) groups excluding carboxylic acids is 1. The maximum atomic E-state index is 11.0. The SMILES string of the molecule is CC(=O)Nc1ccc(CCNCc2cn(C)nc2-c2cccnc2)cc1. The molecule has 0 aliphatic carbocycles. The normalized spacial score (nSPS) is 10.7. The highest BCUT2D eigenvalue weighted by atomic mass is 16.1. The number of nitrogens with zero attached hydrogens (tertiary/aromatic N) is 3. The molecule has 0 radical (unpaired) electrons. The van der Waals surface area contributed by atoms with Crippen LogP contribution in [0.15, 0.2) is 55.0 Å². The summed E-state index contributed by atoms with van der Waals surface area (Å²) in [6.45, 7) is 3.12. The Hall–Kier alpha value is -2.99. The van der Waals surface area contributed by atoms with Crippen LogP contribution >= 0.6 is 0 Å². The Morgan fingerprint density at radius 2 is 2.00 bits per heavy atom. The van der Waals surface area contributed by atoms with Gasteiger partial charge in [0, 0.05) is 55.9 Å². The number of carbonyl (C=O) groups is 1. The number of anilines is 1. The van der Waals surface area contributed by atoms with Crippen LogP contribution in [0.4, 0.5) is 5.69 Å². The molecule has 2 heterocycles. The molecule has 134 valence electrons. The van der Waals surface area contributed by atoms with Crippen LogP contribution in [0.25, 0.3) is 11.3 Å². The maximum Gasteiger partial charge on any atom is 0.221 e. The number of amides is 1. The van der Waals surface area contributed by atoms with Gasteiger partial charge in [0.05, 0.1) is 5.69 Å². The van der Waals surface area contributed by atoms with Gasteiger partial charge in [0.15, 0.2) is 0 Å². The molecule has 1 amide bonds. The molecule has 0 aliphatic rings. The topological polar surface area (TPSA) is 71.8 Å². The first-order valence-corrected chi connectivity index (χ1v) is 8.62. The van der Waals surface area contributed by atoms with E-state index in [0.29, 0.717) is 0 Å². The Labute approximate surface area is 153 Å². The summed E-state index contributed by atoms with van der Waals surface area (Å²) in [4.78, 5) is 15.2. The molecule has 3 aromatic rings. The number of hydrogen-bond donors (Lipinski definition) is 2. The van der Waals surface area contributed by atoms with Gasteiger partial charge in [0.25, 0.3) is 0 Å². The van der Waals surface area contributed by atoms with Gasteiger partial charge >= 0.3 is 0 Å². The minimum absolute atomic E-state index is 0.0553. The first-order valence-electron chi connectivity index (χ1n) is 8.62. The number of rotatable bonds is 7. The van der Waals surface area contributed by atoms with E-state index in [2.05, 4.69) is 20.7 Å². The van der Waals surface area contributed by atoms with Crippen LogP contribution in [0.5, 0.6) is 0 Å². The summed E-state index contributed by atoms with van der Waals surface area (Å²) in [5.41, 5.74) is 5.20. The van der Waals surface area contributed by atoms with Crippen LogP contribution in [0.2, 0.25) is 0 Å². The highest BCUT2D eigenvalue weighted by molar-refractivity contribution is 5.88. The maximum absolute atomic E-state index is 11.0. The summed E-state index contributed by atoms with van der Waals surface area (Å²) >= 11 is 0. The molecule has 0 saturated carbocycles. The molecule has 0 saturated heterocycles. The lowest BCUT2D eigenvalue weighted by Crippen LogP contribution is -2.17. The summed E-state index contributed by atoms with van der Waals surface area (Å²) in [5.74, 6) is -0.0553. The van der Waals surface area contributed by atoms with E-state index in [1.165, 1.54) is 12.5 Å². The third-order valence-electron chi connectivity index (χ3n) is 4.02. The van der Waals surface area contributed by atoms with E-state index in [1.807, 2.05) is 60.5 Å². The predicted molar refractivity (Wildman–Crippen MR) is 103 cm³/mol. The van der Waals surface area contributed by atoms with E-state index in [4.69, 9.17) is 0 Å². The number of nitrogens with one attached hydrogen (secondary N) is 2. The minimum Gasteiger partial charge on any atom is -0.326 e. The van der Waals surface area contributed by atoms with Crippen molar-refractivity contribution < 1.29 is 4.79 Å². The van der Waals surface area contributed by atoms with E-state index < -0.39 is 0 Å². The van der Waals surface area contributed by atoms with E-state index in [0.717, 1.165) is 42.0 Å². The van der Waals surface area contributed by atoms with Crippen LogP contribution in [-0.4, -0.2) is 27.2 Å². The summed E-state index contributed by atoms with van der Waals surface area (Å²) in [6.07, 6.45) is 6.56. The van der Waals surface area contributed by atoms with Crippen molar-refractivity contribution in [1.29, 1.82) is 0 Å². The van der Waals surface area contributed by atoms with Crippen LogP contribution in [0.1, 0.15) is 18.1 Å². The van der Waals surface area contributed by atoms with Crippen molar-refractivity contribution >= 4 is 11.6 Å². The van der Waals surface area contributed by atoms with Gasteiger partial charge in [-0.2, -0.15) is 5.10 Å². The summed E-state index contributed by atoms with van der Waals surface area (Å²) in [6, 6.07) is 11.9. The van der Waals surface area contributed by atoms with Gasteiger partial charge in [-0.1, -0.05) is 12.1 Å². The standard InChI is InChI=1S/C20H23N5O/c1-15(26)23-19-7-5-16(6-8-19)9-11-22-13-18-14-25(2)24-20(18)17-4-3-10-21-12-17/h3-8,10,12,14,22H,9,11,13H2,1-2H3,(H,23,26). The lowest BCUT2D eigenvalue weighted by molar-refractivity contribution is -0.114. The second-order valence-corrected chi connectivity index (χ2v) is 6.22. The minimum atomic E-state index is -0.0553. The van der Waals surface area contributed by atoms with Crippen LogP contribution in [0, 0.1) is 0 Å². The Morgan fingerprint density at radius 3 is 2.69 bits per heavy atom. The molecule has 2 aromatic heterocycles. The van der Waals surface area contributed by atoms with E-state index >= 15 is 0 Å². The molecule has 6 heteroatoms. The molecule has 2 N–H and O–H groups in total. The molecule has 0 unspecified atom stereocenters. The summed E-state index contributed by atoms with van der Waals surface area (Å²) in [5, 5.41) is 10.8. The Kier molecular flexibility index (Phi) is 5.76. The lowest BCUT2D eigenvalue weighted by atomic mass is 10.1. The van der Waals surface area contributed by atoms with Crippen LogP contribution in [-0.2, 0) is 24.8 Å². The zero-order chi connectivity index (χ0) is 18.4. The smallest absolute Gasteiger partial charge is 0.221 e. The van der Waals surface area contributed by atoms with Crippen molar-refractivity contribution in [2.24, 2.45) is 7.05 Å². The van der Waals surface area contributed by atoms with Crippen molar-refractivity contribution in [3.8, 4) is 11.3 Å². The molecule has 3 rings (SSSR count). The number of benzene rings is 1. The Bertz CT molecular complexity index is 856. The molecule has 0 aliphatic heterocycles. The second-order valence-electron chi connectivity index (χ2n) is 6.22. The average Bonchev–Trinajstić information content (AvgIpc) is 3.01. The van der Waals surface area contributed by atoms with Gasteiger partial charge in [-0.25, -0.2) is 0 Å². The molecule has 0 spiro atoms. The molecule has 0 fully saturated rings. The molecule has 26 heavy (non-hydrogen) atoms. The molecule has 1 aromatic carbocycles. The van der Waals surface area contributed by atoms with Gasteiger partial charge < -0.3 is 10.6 Å². The zero-order valence-corrected chi connectivity index (χ0v) is 15.1. The fourth-order valence-electron chi connectivity index (χ4n) is 2.83. The fourth-order valence-corrected chi connectivity index (χ4v) is 2.83.